The molecule has 2 rings (SSSR count). The van der Waals surface area contributed by atoms with Crippen molar-refractivity contribution in [2.75, 3.05) is 11.9 Å². The van der Waals surface area contributed by atoms with Gasteiger partial charge in [-0.15, -0.1) is 0 Å². The fourth-order valence-electron chi connectivity index (χ4n) is 2.17. The molecule has 2 aromatic rings. The Hall–Kier alpha value is -2.83. The van der Waals surface area contributed by atoms with Crippen LogP contribution >= 0.6 is 0 Å². The molecule has 132 valence electrons. The van der Waals surface area contributed by atoms with E-state index in [2.05, 4.69) is 5.32 Å². The second kappa shape index (κ2) is 7.38. The minimum atomic E-state index is -4.46. The minimum Gasteiger partial charge on any atom is -0.343 e. The molecule has 0 saturated heterocycles. The summed E-state index contributed by atoms with van der Waals surface area (Å²) in [7, 11) is 0. The third kappa shape index (κ3) is 5.34. The number of hydrogen-bond donors (Lipinski definition) is 2. The molecule has 25 heavy (non-hydrogen) atoms. The molecular formula is C18H17F3N2O2. The summed E-state index contributed by atoms with van der Waals surface area (Å²) in [5.74, 6) is -1.12. The number of aryl methyl sites for hydroxylation is 2. The molecule has 2 amide bonds. The highest BCUT2D eigenvalue weighted by Crippen LogP contribution is 2.16. The van der Waals surface area contributed by atoms with Gasteiger partial charge >= 0.3 is 6.18 Å². The lowest BCUT2D eigenvalue weighted by atomic mass is 10.0. The summed E-state index contributed by atoms with van der Waals surface area (Å²) in [5, 5.41) is 4.49. The molecule has 0 heterocycles. The van der Waals surface area contributed by atoms with E-state index in [1.807, 2.05) is 26.0 Å². The minimum absolute atomic E-state index is 0.0778. The molecule has 0 aromatic heterocycles. The summed E-state index contributed by atoms with van der Waals surface area (Å²) in [6.45, 7) is 2.31. The Morgan fingerprint density at radius 3 is 2.20 bits per heavy atom. The Bertz CT molecular complexity index is 784. The van der Waals surface area contributed by atoms with E-state index in [-0.39, 0.29) is 11.5 Å². The number of hydrogen-bond acceptors (Lipinski definition) is 2. The zero-order valence-corrected chi connectivity index (χ0v) is 13.7. The average Bonchev–Trinajstić information content (AvgIpc) is 2.54. The van der Waals surface area contributed by atoms with Crippen molar-refractivity contribution >= 4 is 17.5 Å². The van der Waals surface area contributed by atoms with Crippen LogP contribution in [0.2, 0.25) is 0 Å². The second-order valence-corrected chi connectivity index (χ2v) is 5.65. The number of carbonyl (C=O) groups excluding carboxylic acids is 2. The fourth-order valence-corrected chi connectivity index (χ4v) is 2.17. The quantitative estimate of drug-likeness (QED) is 0.880. The number of benzene rings is 2. The summed E-state index contributed by atoms with van der Waals surface area (Å²) >= 11 is 0. The van der Waals surface area contributed by atoms with Crippen molar-refractivity contribution in [1.29, 1.82) is 0 Å². The summed E-state index contributed by atoms with van der Waals surface area (Å²) in [6, 6.07) is 11.1. The Kier molecular flexibility index (Phi) is 5.46. The van der Waals surface area contributed by atoms with E-state index >= 15 is 0 Å². The van der Waals surface area contributed by atoms with E-state index in [0.29, 0.717) is 11.3 Å². The Balaban J connectivity index is 2.04. The lowest BCUT2D eigenvalue weighted by molar-refractivity contribution is -0.123. The van der Waals surface area contributed by atoms with Gasteiger partial charge in [-0.1, -0.05) is 17.7 Å². The smallest absolute Gasteiger partial charge is 0.343 e. The Morgan fingerprint density at radius 1 is 0.960 bits per heavy atom. The first kappa shape index (κ1) is 18.5. The predicted octanol–water partition coefficient (Wildman–Crippen LogP) is 3.85. The number of anilines is 1. The van der Waals surface area contributed by atoms with Crippen LogP contribution in [0.25, 0.3) is 0 Å². The van der Waals surface area contributed by atoms with Crippen LogP contribution in [-0.4, -0.2) is 24.5 Å². The summed E-state index contributed by atoms with van der Waals surface area (Å²) in [6.07, 6.45) is -4.46. The van der Waals surface area contributed by atoms with Crippen LogP contribution < -0.4 is 10.6 Å². The first-order valence-corrected chi connectivity index (χ1v) is 7.49. The molecule has 2 aromatic carbocycles. The number of halogens is 3. The summed E-state index contributed by atoms with van der Waals surface area (Å²) in [4.78, 5) is 23.9. The maximum Gasteiger partial charge on any atom is 0.405 e. The van der Waals surface area contributed by atoms with E-state index in [0.717, 1.165) is 11.1 Å². The highest BCUT2D eigenvalue weighted by atomic mass is 19.4. The van der Waals surface area contributed by atoms with E-state index in [4.69, 9.17) is 0 Å². The van der Waals surface area contributed by atoms with Crippen LogP contribution in [0.15, 0.2) is 42.5 Å². The molecule has 0 saturated carbocycles. The van der Waals surface area contributed by atoms with E-state index in [1.165, 1.54) is 24.3 Å². The van der Waals surface area contributed by atoms with Gasteiger partial charge in [-0.2, -0.15) is 13.2 Å². The van der Waals surface area contributed by atoms with Gasteiger partial charge in [0.2, 0.25) is 0 Å². The van der Waals surface area contributed by atoms with Crippen LogP contribution in [0.1, 0.15) is 31.8 Å². The van der Waals surface area contributed by atoms with Gasteiger partial charge in [-0.05, 0) is 49.7 Å². The van der Waals surface area contributed by atoms with Crippen LogP contribution in [-0.2, 0) is 0 Å². The third-order valence-electron chi connectivity index (χ3n) is 3.49. The zero-order chi connectivity index (χ0) is 18.6. The maximum absolute atomic E-state index is 12.3. The number of nitrogens with one attached hydrogen (secondary N) is 2. The van der Waals surface area contributed by atoms with Gasteiger partial charge in [-0.25, -0.2) is 0 Å². The van der Waals surface area contributed by atoms with Crippen LogP contribution in [0.3, 0.4) is 0 Å². The molecule has 0 aliphatic heterocycles. The molecule has 0 radical (unpaired) electrons. The largest absolute Gasteiger partial charge is 0.405 e. The predicted molar refractivity (Wildman–Crippen MR) is 88.7 cm³/mol. The molecule has 2 N–H and O–H groups in total. The number of rotatable bonds is 4. The fraction of sp³-hybridized carbons (Fsp3) is 0.222. The van der Waals surface area contributed by atoms with Gasteiger partial charge in [0, 0.05) is 16.8 Å². The van der Waals surface area contributed by atoms with Crippen molar-refractivity contribution in [3.63, 3.8) is 0 Å². The highest BCUT2D eigenvalue weighted by Gasteiger charge is 2.27. The number of alkyl halides is 3. The van der Waals surface area contributed by atoms with E-state index in [9.17, 15) is 22.8 Å². The molecule has 0 unspecified atom stereocenters. The van der Waals surface area contributed by atoms with Crippen molar-refractivity contribution in [2.24, 2.45) is 0 Å². The van der Waals surface area contributed by atoms with Crippen molar-refractivity contribution in [2.45, 2.75) is 20.0 Å². The Labute approximate surface area is 143 Å². The highest BCUT2D eigenvalue weighted by molar-refractivity contribution is 6.05. The molecule has 0 bridgehead atoms. The average molecular weight is 350 g/mol. The van der Waals surface area contributed by atoms with Gasteiger partial charge in [0.25, 0.3) is 11.8 Å². The van der Waals surface area contributed by atoms with Crippen LogP contribution in [0, 0.1) is 13.8 Å². The molecule has 0 atom stereocenters. The first-order chi connectivity index (χ1) is 11.7. The molecule has 0 aliphatic carbocycles. The van der Waals surface area contributed by atoms with Crippen molar-refractivity contribution in [1.82, 2.24) is 5.32 Å². The maximum atomic E-state index is 12.3. The normalized spacial score (nSPS) is 11.1. The van der Waals surface area contributed by atoms with Crippen LogP contribution in [0.4, 0.5) is 18.9 Å². The lowest BCUT2D eigenvalue weighted by Crippen LogP contribution is -2.33. The lowest BCUT2D eigenvalue weighted by Gasteiger charge is -2.10. The van der Waals surface area contributed by atoms with Gasteiger partial charge in [-0.3, -0.25) is 9.59 Å². The molecule has 7 heteroatoms. The number of carbonyl (C=O) groups is 2. The van der Waals surface area contributed by atoms with Crippen molar-refractivity contribution < 1.29 is 22.8 Å². The summed E-state index contributed by atoms with van der Waals surface area (Å²) < 4.78 is 36.3. The topological polar surface area (TPSA) is 58.2 Å². The zero-order valence-electron chi connectivity index (χ0n) is 13.7. The van der Waals surface area contributed by atoms with Crippen molar-refractivity contribution in [3.05, 3.63) is 64.7 Å². The number of amides is 2. The Morgan fingerprint density at radius 2 is 1.60 bits per heavy atom. The van der Waals surface area contributed by atoms with Crippen LogP contribution in [0.5, 0.6) is 0 Å². The second-order valence-electron chi connectivity index (χ2n) is 5.65. The van der Waals surface area contributed by atoms with E-state index < -0.39 is 18.6 Å². The van der Waals surface area contributed by atoms with Crippen molar-refractivity contribution in [3.8, 4) is 0 Å². The molecule has 0 aliphatic rings. The van der Waals surface area contributed by atoms with E-state index in [1.54, 1.807) is 11.4 Å². The molecule has 4 nitrogen and oxygen atoms in total. The molecule has 0 spiro atoms. The standard InChI is InChI=1S/C18H17F3N2O2/c1-11-3-4-12(2)15(9-11)17(25)23-14-7-5-13(6-8-14)16(24)22-10-18(19,20)21/h3-9H,10H2,1-2H3,(H,22,24)(H,23,25). The van der Waals surface area contributed by atoms with Gasteiger partial charge in [0.1, 0.15) is 6.54 Å². The third-order valence-corrected chi connectivity index (χ3v) is 3.49. The van der Waals surface area contributed by atoms with Gasteiger partial charge in [0.05, 0.1) is 0 Å². The SMILES string of the molecule is Cc1ccc(C)c(C(=O)Nc2ccc(C(=O)NCC(F)(F)F)cc2)c1. The summed E-state index contributed by atoms with van der Waals surface area (Å²) in [5.41, 5.74) is 2.83. The molecular weight excluding hydrogens is 333 g/mol. The van der Waals surface area contributed by atoms with Gasteiger partial charge in [0.15, 0.2) is 0 Å². The molecule has 0 fully saturated rings. The monoisotopic (exact) mass is 350 g/mol. The first-order valence-electron chi connectivity index (χ1n) is 7.49. The van der Waals surface area contributed by atoms with Gasteiger partial charge < -0.3 is 10.6 Å².